The minimum absolute atomic E-state index is 0.0637. The van der Waals surface area contributed by atoms with Crippen LogP contribution in [0.25, 0.3) is 0 Å². The Labute approximate surface area is 129 Å². The molecule has 4 nitrogen and oxygen atoms in total. The number of nitrogens with one attached hydrogen (secondary N) is 1. The molecule has 1 aromatic carbocycles. The van der Waals surface area contributed by atoms with Crippen LogP contribution >= 0.6 is 0 Å². The van der Waals surface area contributed by atoms with Crippen molar-refractivity contribution in [2.24, 2.45) is 0 Å². The smallest absolute Gasteiger partial charge is 0.0799 e. The first-order chi connectivity index (χ1) is 10.0. The summed E-state index contributed by atoms with van der Waals surface area (Å²) in [5.74, 6) is 0. The van der Waals surface area contributed by atoms with Crippen molar-refractivity contribution in [1.82, 2.24) is 10.2 Å². The highest BCUT2D eigenvalue weighted by molar-refractivity contribution is 5.25. The van der Waals surface area contributed by atoms with E-state index in [1.54, 1.807) is 0 Å². The van der Waals surface area contributed by atoms with E-state index in [0.717, 1.165) is 25.3 Å². The molecule has 120 valence electrons. The summed E-state index contributed by atoms with van der Waals surface area (Å²) in [6, 6.07) is 10.5. The van der Waals surface area contributed by atoms with Gasteiger partial charge in [-0.2, -0.15) is 0 Å². The molecule has 0 fully saturated rings. The minimum Gasteiger partial charge on any atom is -0.394 e. The SMILES string of the molecule is CCOCCN(C)CC(CO)(NC(C)C)c1ccccc1. The van der Waals surface area contributed by atoms with Gasteiger partial charge in [0.15, 0.2) is 0 Å². The van der Waals surface area contributed by atoms with Gasteiger partial charge in [0.1, 0.15) is 0 Å². The largest absolute Gasteiger partial charge is 0.394 e. The number of benzene rings is 1. The van der Waals surface area contributed by atoms with Crippen LogP contribution in [0.5, 0.6) is 0 Å². The number of likely N-dealkylation sites (N-methyl/N-ethyl adjacent to an activating group) is 1. The molecular formula is C17H30N2O2. The zero-order chi connectivity index (χ0) is 15.7. The summed E-state index contributed by atoms with van der Waals surface area (Å²) < 4.78 is 5.41. The monoisotopic (exact) mass is 294 g/mol. The van der Waals surface area contributed by atoms with Crippen LogP contribution in [0.2, 0.25) is 0 Å². The zero-order valence-corrected chi connectivity index (χ0v) is 13.8. The molecule has 0 spiro atoms. The Morgan fingerprint density at radius 2 is 1.95 bits per heavy atom. The van der Waals surface area contributed by atoms with E-state index in [4.69, 9.17) is 4.74 Å². The summed E-state index contributed by atoms with van der Waals surface area (Å²) in [6.45, 7) is 9.31. The molecule has 0 bridgehead atoms. The van der Waals surface area contributed by atoms with Crippen molar-refractivity contribution in [3.63, 3.8) is 0 Å². The van der Waals surface area contributed by atoms with E-state index in [1.165, 1.54) is 0 Å². The average Bonchev–Trinajstić information content (AvgIpc) is 2.47. The topological polar surface area (TPSA) is 44.7 Å². The molecule has 0 saturated carbocycles. The lowest BCUT2D eigenvalue weighted by atomic mass is 9.89. The Morgan fingerprint density at radius 1 is 1.29 bits per heavy atom. The van der Waals surface area contributed by atoms with Gasteiger partial charge in [-0.25, -0.2) is 0 Å². The van der Waals surface area contributed by atoms with E-state index < -0.39 is 5.54 Å². The standard InChI is InChI=1S/C17H30N2O2/c1-5-21-12-11-19(4)13-17(14-20,18-15(2)3)16-9-7-6-8-10-16/h6-10,15,18,20H,5,11-14H2,1-4H3. The molecule has 2 N–H and O–H groups in total. The van der Waals surface area contributed by atoms with Gasteiger partial charge in [-0.15, -0.1) is 0 Å². The maximum atomic E-state index is 10.1. The van der Waals surface area contributed by atoms with Gasteiger partial charge in [-0.3, -0.25) is 0 Å². The maximum absolute atomic E-state index is 10.1. The quantitative estimate of drug-likeness (QED) is 0.646. The number of nitrogens with zero attached hydrogens (tertiary/aromatic N) is 1. The molecule has 0 heterocycles. The molecule has 1 aromatic rings. The number of aliphatic hydroxyl groups excluding tert-OH is 1. The van der Waals surface area contributed by atoms with Crippen LogP contribution < -0.4 is 5.32 Å². The molecule has 4 heteroatoms. The number of rotatable bonds is 10. The van der Waals surface area contributed by atoms with Gasteiger partial charge in [0.05, 0.1) is 18.8 Å². The molecule has 0 aliphatic rings. The number of aliphatic hydroxyl groups is 1. The van der Waals surface area contributed by atoms with Gasteiger partial charge >= 0.3 is 0 Å². The van der Waals surface area contributed by atoms with Crippen molar-refractivity contribution in [2.45, 2.75) is 32.4 Å². The van der Waals surface area contributed by atoms with Crippen molar-refractivity contribution in [3.8, 4) is 0 Å². The van der Waals surface area contributed by atoms with Gasteiger partial charge in [0, 0.05) is 25.7 Å². The van der Waals surface area contributed by atoms with Crippen LogP contribution in [0, 0.1) is 0 Å². The number of hydrogen-bond donors (Lipinski definition) is 2. The van der Waals surface area contributed by atoms with Crippen molar-refractivity contribution >= 4 is 0 Å². The van der Waals surface area contributed by atoms with Crippen LogP contribution in [0.1, 0.15) is 26.3 Å². The molecule has 21 heavy (non-hydrogen) atoms. The second kappa shape index (κ2) is 9.15. The second-order valence-corrected chi connectivity index (χ2v) is 5.84. The summed E-state index contributed by atoms with van der Waals surface area (Å²) in [5, 5.41) is 13.6. The molecule has 1 unspecified atom stereocenters. The lowest BCUT2D eigenvalue weighted by Crippen LogP contribution is -2.55. The van der Waals surface area contributed by atoms with Crippen LogP contribution in [0.3, 0.4) is 0 Å². The highest BCUT2D eigenvalue weighted by Gasteiger charge is 2.33. The van der Waals surface area contributed by atoms with Crippen molar-refractivity contribution in [1.29, 1.82) is 0 Å². The van der Waals surface area contributed by atoms with Gasteiger partial charge in [-0.05, 0) is 33.4 Å². The third-order valence-electron chi connectivity index (χ3n) is 3.52. The highest BCUT2D eigenvalue weighted by atomic mass is 16.5. The summed E-state index contributed by atoms with van der Waals surface area (Å²) >= 11 is 0. The predicted octanol–water partition coefficient (Wildman–Crippen LogP) is 1.84. The lowest BCUT2D eigenvalue weighted by Gasteiger charge is -2.38. The van der Waals surface area contributed by atoms with Gasteiger partial charge in [-0.1, -0.05) is 30.3 Å². The van der Waals surface area contributed by atoms with Crippen molar-refractivity contribution in [2.75, 3.05) is 40.0 Å². The first-order valence-electron chi connectivity index (χ1n) is 7.74. The van der Waals surface area contributed by atoms with Crippen molar-refractivity contribution in [3.05, 3.63) is 35.9 Å². The molecule has 1 rings (SSSR count). The number of ether oxygens (including phenoxy) is 1. The van der Waals surface area contributed by atoms with E-state index in [0.29, 0.717) is 6.61 Å². The molecule has 0 saturated heterocycles. The third kappa shape index (κ3) is 5.75. The fourth-order valence-electron chi connectivity index (χ4n) is 2.62. The molecule has 0 aliphatic carbocycles. The fourth-order valence-corrected chi connectivity index (χ4v) is 2.62. The third-order valence-corrected chi connectivity index (χ3v) is 3.52. The molecule has 0 aliphatic heterocycles. The summed E-state index contributed by atoms with van der Waals surface area (Å²) in [6.07, 6.45) is 0. The van der Waals surface area contributed by atoms with E-state index in [1.807, 2.05) is 25.1 Å². The Bertz CT molecular complexity index is 384. The van der Waals surface area contributed by atoms with Crippen LogP contribution in [0.4, 0.5) is 0 Å². The van der Waals surface area contributed by atoms with Crippen molar-refractivity contribution < 1.29 is 9.84 Å². The predicted molar refractivity (Wildman–Crippen MR) is 87.5 cm³/mol. The van der Waals surface area contributed by atoms with Gasteiger partial charge in [0.2, 0.25) is 0 Å². The fraction of sp³-hybridized carbons (Fsp3) is 0.647. The first-order valence-corrected chi connectivity index (χ1v) is 7.74. The van der Waals surface area contributed by atoms with E-state index in [9.17, 15) is 5.11 Å². The Morgan fingerprint density at radius 3 is 2.48 bits per heavy atom. The first kappa shape index (κ1) is 18.1. The molecule has 0 radical (unpaired) electrons. The van der Waals surface area contributed by atoms with E-state index >= 15 is 0 Å². The average molecular weight is 294 g/mol. The number of hydrogen-bond acceptors (Lipinski definition) is 4. The minimum atomic E-state index is -0.448. The zero-order valence-electron chi connectivity index (χ0n) is 13.8. The highest BCUT2D eigenvalue weighted by Crippen LogP contribution is 2.22. The van der Waals surface area contributed by atoms with E-state index in [-0.39, 0.29) is 12.6 Å². The summed E-state index contributed by atoms with van der Waals surface area (Å²) in [5.41, 5.74) is 0.667. The summed E-state index contributed by atoms with van der Waals surface area (Å²) in [4.78, 5) is 2.20. The van der Waals surface area contributed by atoms with Gasteiger partial charge in [0.25, 0.3) is 0 Å². The maximum Gasteiger partial charge on any atom is 0.0799 e. The van der Waals surface area contributed by atoms with Crippen LogP contribution in [-0.4, -0.2) is 56.0 Å². The Balaban J connectivity index is 2.86. The molecule has 1 atom stereocenters. The van der Waals surface area contributed by atoms with E-state index in [2.05, 4.69) is 43.2 Å². The van der Waals surface area contributed by atoms with Gasteiger partial charge < -0.3 is 20.1 Å². The van der Waals surface area contributed by atoms with Crippen LogP contribution in [0.15, 0.2) is 30.3 Å². The Hall–Kier alpha value is -0.940. The normalized spacial score (nSPS) is 14.6. The van der Waals surface area contributed by atoms with Crippen LogP contribution in [-0.2, 0) is 10.3 Å². The lowest BCUT2D eigenvalue weighted by molar-refractivity contribution is 0.0819. The Kier molecular flexibility index (Phi) is 7.89. The molecular weight excluding hydrogens is 264 g/mol. The molecule has 0 aromatic heterocycles. The summed E-state index contributed by atoms with van der Waals surface area (Å²) in [7, 11) is 2.06. The second-order valence-electron chi connectivity index (χ2n) is 5.84. The molecule has 0 amide bonds.